The number of anilines is 1. The lowest BCUT2D eigenvalue weighted by molar-refractivity contribution is -0.384. The molecule has 0 saturated carbocycles. The molecule has 0 radical (unpaired) electrons. The summed E-state index contributed by atoms with van der Waals surface area (Å²) in [7, 11) is 0. The van der Waals surface area contributed by atoms with Crippen molar-refractivity contribution in [2.24, 2.45) is 0 Å². The van der Waals surface area contributed by atoms with Gasteiger partial charge in [0.2, 0.25) is 5.91 Å². The van der Waals surface area contributed by atoms with Crippen LogP contribution < -0.4 is 10.6 Å². The molecule has 0 spiro atoms. The summed E-state index contributed by atoms with van der Waals surface area (Å²) in [6.07, 6.45) is 1.52. The number of nitrogens with zero attached hydrogens (tertiary/aromatic N) is 2. The highest BCUT2D eigenvalue weighted by atomic mass is 35.5. The molecule has 1 unspecified atom stereocenters. The van der Waals surface area contributed by atoms with Gasteiger partial charge in [-0.2, -0.15) is 0 Å². The van der Waals surface area contributed by atoms with Crippen LogP contribution in [0.1, 0.15) is 22.7 Å². The molecule has 3 N–H and O–H groups in total. The summed E-state index contributed by atoms with van der Waals surface area (Å²) in [6.45, 7) is 1.76. The Labute approximate surface area is 210 Å². The zero-order valence-corrected chi connectivity index (χ0v) is 20.0. The van der Waals surface area contributed by atoms with Crippen LogP contribution in [-0.2, 0) is 4.79 Å². The molecule has 4 aromatic rings. The Morgan fingerprint density at radius 1 is 1.11 bits per heavy atom. The third-order valence-corrected chi connectivity index (χ3v) is 6.22. The lowest BCUT2D eigenvalue weighted by Crippen LogP contribution is -2.34. The number of amides is 1. The van der Waals surface area contributed by atoms with Crippen molar-refractivity contribution in [1.82, 2.24) is 10.3 Å². The summed E-state index contributed by atoms with van der Waals surface area (Å²) in [4.78, 5) is 28.0. The molecule has 0 aliphatic rings. The zero-order chi connectivity index (χ0) is 25.1. The van der Waals surface area contributed by atoms with Crippen LogP contribution in [0, 0.1) is 17.0 Å². The molecule has 10 heteroatoms. The number of aryl methyl sites for hydroxylation is 1. The first-order valence-corrected chi connectivity index (χ1v) is 11.3. The molecule has 8 nitrogen and oxygen atoms in total. The first-order chi connectivity index (χ1) is 16.7. The Bertz CT molecular complexity index is 1440. The minimum Gasteiger partial charge on any atom is -0.505 e. The number of aromatic nitrogens is 1. The van der Waals surface area contributed by atoms with E-state index in [4.69, 9.17) is 23.2 Å². The number of aromatic hydroxyl groups is 1. The van der Waals surface area contributed by atoms with E-state index in [0.717, 1.165) is 5.56 Å². The Kier molecular flexibility index (Phi) is 7.04. The van der Waals surface area contributed by atoms with Crippen LogP contribution >= 0.6 is 23.2 Å². The van der Waals surface area contributed by atoms with Crippen LogP contribution in [-0.4, -0.2) is 27.5 Å². The maximum absolute atomic E-state index is 12.9. The van der Waals surface area contributed by atoms with Gasteiger partial charge < -0.3 is 15.7 Å². The van der Waals surface area contributed by atoms with E-state index >= 15 is 0 Å². The van der Waals surface area contributed by atoms with Gasteiger partial charge >= 0.3 is 0 Å². The summed E-state index contributed by atoms with van der Waals surface area (Å²) in [5.41, 5.74) is 2.33. The number of fused-ring (bicyclic) bond motifs is 1. The van der Waals surface area contributed by atoms with E-state index in [-0.39, 0.29) is 29.1 Å². The van der Waals surface area contributed by atoms with Crippen molar-refractivity contribution in [1.29, 1.82) is 0 Å². The molecule has 1 amide bonds. The molecule has 0 aliphatic carbocycles. The van der Waals surface area contributed by atoms with Gasteiger partial charge in [0.1, 0.15) is 11.3 Å². The highest BCUT2D eigenvalue weighted by Gasteiger charge is 2.24. The Morgan fingerprint density at radius 3 is 2.66 bits per heavy atom. The first-order valence-electron chi connectivity index (χ1n) is 10.5. The van der Waals surface area contributed by atoms with Crippen LogP contribution in [0.15, 0.2) is 66.9 Å². The molecule has 1 atom stereocenters. The van der Waals surface area contributed by atoms with Gasteiger partial charge in [0.25, 0.3) is 5.69 Å². The molecule has 1 heterocycles. The number of carbonyl (C=O) groups is 1. The first kappa shape index (κ1) is 24.3. The van der Waals surface area contributed by atoms with Gasteiger partial charge in [-0.15, -0.1) is 0 Å². The second-order valence-electron chi connectivity index (χ2n) is 7.87. The van der Waals surface area contributed by atoms with Crippen LogP contribution in [0.2, 0.25) is 10.0 Å². The fourth-order valence-electron chi connectivity index (χ4n) is 3.73. The number of halogens is 2. The fourth-order valence-corrected chi connectivity index (χ4v) is 4.12. The number of hydrogen-bond donors (Lipinski definition) is 3. The minimum absolute atomic E-state index is 0.0905. The highest BCUT2D eigenvalue weighted by molar-refractivity contribution is 6.35. The SMILES string of the molecule is Cc1cc(NCC(=O)NC(c2cccc([N+](=O)[O-])c2)c2cc(Cl)c3cccnc3c2O)ccc1Cl. The normalized spacial score (nSPS) is 11.7. The van der Waals surface area contributed by atoms with Gasteiger partial charge in [0, 0.05) is 40.0 Å². The summed E-state index contributed by atoms with van der Waals surface area (Å²) in [5, 5.41) is 29.7. The number of non-ortho nitro benzene ring substituents is 1. The molecular weight excluding hydrogens is 491 g/mol. The second-order valence-corrected chi connectivity index (χ2v) is 8.68. The van der Waals surface area contributed by atoms with Crippen LogP contribution in [0.4, 0.5) is 11.4 Å². The minimum atomic E-state index is -0.930. The van der Waals surface area contributed by atoms with Crippen LogP contribution in [0.5, 0.6) is 5.75 Å². The third-order valence-electron chi connectivity index (χ3n) is 5.49. The Morgan fingerprint density at radius 2 is 1.91 bits per heavy atom. The number of pyridine rings is 1. The van der Waals surface area contributed by atoms with E-state index < -0.39 is 16.9 Å². The number of nitrogens with one attached hydrogen (secondary N) is 2. The largest absolute Gasteiger partial charge is 0.505 e. The Hall–Kier alpha value is -3.88. The third kappa shape index (κ3) is 5.29. The van der Waals surface area contributed by atoms with E-state index in [1.807, 2.05) is 13.0 Å². The lowest BCUT2D eigenvalue weighted by atomic mass is 9.95. The molecule has 0 fully saturated rings. The van der Waals surface area contributed by atoms with Crippen molar-refractivity contribution >= 4 is 51.4 Å². The number of hydrogen-bond acceptors (Lipinski definition) is 6. The van der Waals surface area contributed by atoms with Crippen LogP contribution in [0.25, 0.3) is 10.9 Å². The number of phenols is 1. The number of nitro groups is 1. The average molecular weight is 511 g/mol. The molecule has 3 aromatic carbocycles. The van der Waals surface area contributed by atoms with E-state index in [1.54, 1.807) is 30.3 Å². The standard InChI is InChI=1S/C25H20Cl2N4O4/c1-14-10-16(7-8-20(14)26)29-13-22(32)30-23(15-4-2-5-17(11-15)31(34)35)19-12-21(27)18-6-3-9-28-24(18)25(19)33/h2-12,23,29,33H,13H2,1H3,(H,30,32). The van der Waals surface area contributed by atoms with Gasteiger partial charge in [-0.1, -0.05) is 35.3 Å². The topological polar surface area (TPSA) is 117 Å². The molecule has 0 bridgehead atoms. The van der Waals surface area contributed by atoms with E-state index in [9.17, 15) is 20.0 Å². The highest BCUT2D eigenvalue weighted by Crippen LogP contribution is 2.38. The zero-order valence-electron chi connectivity index (χ0n) is 18.5. The molecule has 4 rings (SSSR count). The fraction of sp³-hybridized carbons (Fsp3) is 0.120. The number of benzene rings is 3. The number of nitro benzene ring substituents is 1. The maximum Gasteiger partial charge on any atom is 0.269 e. The van der Waals surface area contributed by atoms with Gasteiger partial charge in [0.05, 0.1) is 22.5 Å². The lowest BCUT2D eigenvalue weighted by Gasteiger charge is -2.22. The van der Waals surface area contributed by atoms with Crippen molar-refractivity contribution in [3.63, 3.8) is 0 Å². The Balaban J connectivity index is 1.70. The van der Waals surface area contributed by atoms with Crippen molar-refractivity contribution in [3.8, 4) is 5.75 Å². The molecule has 1 aromatic heterocycles. The van der Waals surface area contributed by atoms with Gasteiger partial charge in [-0.25, -0.2) is 0 Å². The van der Waals surface area contributed by atoms with Crippen molar-refractivity contribution in [3.05, 3.63) is 104 Å². The molecule has 0 aliphatic heterocycles. The summed E-state index contributed by atoms with van der Waals surface area (Å²) in [5.74, 6) is -0.589. The molecule has 178 valence electrons. The van der Waals surface area contributed by atoms with Gasteiger partial charge in [-0.3, -0.25) is 19.9 Å². The number of carbonyl (C=O) groups excluding carboxylic acids is 1. The predicted octanol–water partition coefficient (Wildman–Crippen LogP) is 5.78. The quantitative estimate of drug-likeness (QED) is 0.214. The summed E-state index contributed by atoms with van der Waals surface area (Å²) >= 11 is 12.5. The van der Waals surface area contributed by atoms with Gasteiger partial charge in [0.15, 0.2) is 0 Å². The van der Waals surface area contributed by atoms with E-state index in [2.05, 4.69) is 15.6 Å². The summed E-state index contributed by atoms with van der Waals surface area (Å²) in [6, 6.07) is 15.1. The van der Waals surface area contributed by atoms with Crippen molar-refractivity contribution in [2.45, 2.75) is 13.0 Å². The van der Waals surface area contributed by atoms with Crippen LogP contribution in [0.3, 0.4) is 0 Å². The second kappa shape index (κ2) is 10.2. The van der Waals surface area contributed by atoms with E-state index in [0.29, 0.717) is 26.7 Å². The monoisotopic (exact) mass is 510 g/mol. The van der Waals surface area contributed by atoms with Crippen molar-refractivity contribution in [2.75, 3.05) is 11.9 Å². The molecular formula is C25H20Cl2N4O4. The smallest absolute Gasteiger partial charge is 0.269 e. The molecule has 35 heavy (non-hydrogen) atoms. The van der Waals surface area contributed by atoms with Gasteiger partial charge in [-0.05, 0) is 54.4 Å². The average Bonchev–Trinajstić information content (AvgIpc) is 2.85. The predicted molar refractivity (Wildman–Crippen MR) is 136 cm³/mol. The number of rotatable bonds is 7. The number of phenolic OH excluding ortho intramolecular Hbond substituents is 1. The summed E-state index contributed by atoms with van der Waals surface area (Å²) < 4.78 is 0. The van der Waals surface area contributed by atoms with Crippen molar-refractivity contribution < 1.29 is 14.8 Å². The molecule has 0 saturated heterocycles. The van der Waals surface area contributed by atoms with E-state index in [1.165, 1.54) is 30.5 Å². The maximum atomic E-state index is 12.9.